The van der Waals surface area contributed by atoms with E-state index < -0.39 is 0 Å². The summed E-state index contributed by atoms with van der Waals surface area (Å²) >= 11 is 0. The third-order valence-electron chi connectivity index (χ3n) is 2.92. The van der Waals surface area contributed by atoms with Gasteiger partial charge in [0.25, 0.3) is 0 Å². The molecule has 6 nitrogen and oxygen atoms in total. The van der Waals surface area contributed by atoms with Crippen LogP contribution < -0.4 is 19.5 Å². The zero-order valence-corrected chi connectivity index (χ0v) is 13.6. The highest BCUT2D eigenvalue weighted by molar-refractivity contribution is 5.92. The van der Waals surface area contributed by atoms with E-state index in [1.54, 1.807) is 46.6 Å². The maximum atomic E-state index is 11.8. The van der Waals surface area contributed by atoms with Crippen LogP contribution in [0, 0.1) is 0 Å². The molecule has 1 rings (SSSR count). The van der Waals surface area contributed by atoms with Gasteiger partial charge in [0.2, 0.25) is 11.7 Å². The van der Waals surface area contributed by atoms with Gasteiger partial charge < -0.3 is 24.3 Å². The molecule has 0 radical (unpaired) electrons. The SMILES string of the molecule is COCC(C)NC(=O)/C=C/c1cc(OC)c(OC)c(OC)c1. The maximum Gasteiger partial charge on any atom is 0.244 e. The van der Waals surface area contributed by atoms with Gasteiger partial charge in [0, 0.05) is 19.2 Å². The predicted octanol–water partition coefficient (Wildman–Crippen LogP) is 1.88. The number of methoxy groups -OCH3 is 4. The van der Waals surface area contributed by atoms with Gasteiger partial charge in [-0.05, 0) is 30.7 Å². The summed E-state index contributed by atoms with van der Waals surface area (Å²) < 4.78 is 20.8. The molecule has 6 heteroatoms. The summed E-state index contributed by atoms with van der Waals surface area (Å²) in [6.45, 7) is 2.33. The van der Waals surface area contributed by atoms with Crippen molar-refractivity contribution in [1.82, 2.24) is 5.32 Å². The summed E-state index contributed by atoms with van der Waals surface area (Å²) in [4.78, 5) is 11.8. The zero-order chi connectivity index (χ0) is 16.5. The Hall–Kier alpha value is -2.21. The Morgan fingerprint density at radius 2 is 1.73 bits per heavy atom. The number of rotatable bonds is 8. The smallest absolute Gasteiger partial charge is 0.244 e. The van der Waals surface area contributed by atoms with E-state index in [0.717, 1.165) is 5.56 Å². The van der Waals surface area contributed by atoms with Gasteiger partial charge in [-0.3, -0.25) is 4.79 Å². The van der Waals surface area contributed by atoms with Crippen molar-refractivity contribution < 1.29 is 23.7 Å². The number of nitrogens with one attached hydrogen (secondary N) is 1. The molecule has 1 aromatic rings. The van der Waals surface area contributed by atoms with E-state index in [-0.39, 0.29) is 11.9 Å². The number of amides is 1. The predicted molar refractivity (Wildman–Crippen MR) is 84.6 cm³/mol. The second kappa shape index (κ2) is 8.94. The van der Waals surface area contributed by atoms with E-state index in [9.17, 15) is 4.79 Å². The van der Waals surface area contributed by atoms with E-state index >= 15 is 0 Å². The first kappa shape index (κ1) is 17.8. The van der Waals surface area contributed by atoms with Crippen molar-refractivity contribution in [3.8, 4) is 17.2 Å². The topological polar surface area (TPSA) is 66.0 Å². The molecule has 0 heterocycles. The van der Waals surface area contributed by atoms with Crippen LogP contribution in [0.1, 0.15) is 12.5 Å². The third kappa shape index (κ3) is 4.96. The first-order valence-electron chi connectivity index (χ1n) is 6.83. The molecule has 1 aromatic carbocycles. The lowest BCUT2D eigenvalue weighted by Gasteiger charge is -2.13. The van der Waals surface area contributed by atoms with Gasteiger partial charge in [-0.1, -0.05) is 0 Å². The Morgan fingerprint density at radius 1 is 1.14 bits per heavy atom. The highest BCUT2D eigenvalue weighted by Crippen LogP contribution is 2.38. The summed E-state index contributed by atoms with van der Waals surface area (Å²) in [6.07, 6.45) is 3.13. The van der Waals surface area contributed by atoms with Gasteiger partial charge in [-0.2, -0.15) is 0 Å². The first-order chi connectivity index (χ1) is 10.5. The van der Waals surface area contributed by atoms with Crippen LogP contribution in [0.5, 0.6) is 17.2 Å². The molecule has 1 N–H and O–H groups in total. The summed E-state index contributed by atoms with van der Waals surface area (Å²) in [5, 5.41) is 2.79. The van der Waals surface area contributed by atoms with Crippen molar-refractivity contribution >= 4 is 12.0 Å². The second-order valence-electron chi connectivity index (χ2n) is 4.66. The molecular weight excluding hydrogens is 286 g/mol. The summed E-state index contributed by atoms with van der Waals surface area (Å²) in [5.74, 6) is 1.39. The largest absolute Gasteiger partial charge is 0.493 e. The minimum Gasteiger partial charge on any atom is -0.493 e. The fourth-order valence-electron chi connectivity index (χ4n) is 1.95. The number of ether oxygens (including phenoxy) is 4. The number of hydrogen-bond donors (Lipinski definition) is 1. The minimum atomic E-state index is -0.196. The Morgan fingerprint density at radius 3 is 2.18 bits per heavy atom. The monoisotopic (exact) mass is 309 g/mol. The molecular formula is C16H23NO5. The number of carbonyl (C=O) groups is 1. The van der Waals surface area contributed by atoms with Crippen LogP contribution in [0.3, 0.4) is 0 Å². The average Bonchev–Trinajstić information content (AvgIpc) is 2.51. The van der Waals surface area contributed by atoms with Crippen LogP contribution in [-0.2, 0) is 9.53 Å². The first-order valence-corrected chi connectivity index (χ1v) is 6.83. The van der Waals surface area contributed by atoms with Crippen LogP contribution in [0.15, 0.2) is 18.2 Å². The van der Waals surface area contributed by atoms with Crippen molar-refractivity contribution in [2.24, 2.45) is 0 Å². The van der Waals surface area contributed by atoms with E-state index in [0.29, 0.717) is 23.9 Å². The van der Waals surface area contributed by atoms with Gasteiger partial charge in [0.1, 0.15) is 0 Å². The van der Waals surface area contributed by atoms with Crippen LogP contribution >= 0.6 is 0 Å². The standard InChI is InChI=1S/C16H23NO5/c1-11(10-19-2)17-15(18)7-6-12-8-13(20-3)16(22-5)14(9-12)21-4/h6-9,11H,10H2,1-5H3,(H,17,18)/b7-6+. The molecule has 0 saturated heterocycles. The van der Waals surface area contributed by atoms with Crippen molar-refractivity contribution in [2.75, 3.05) is 35.0 Å². The Balaban J connectivity index is 2.89. The summed E-state index contributed by atoms with van der Waals surface area (Å²) in [5.41, 5.74) is 0.768. The zero-order valence-electron chi connectivity index (χ0n) is 13.6. The van der Waals surface area contributed by atoms with Crippen molar-refractivity contribution in [3.05, 3.63) is 23.8 Å². The number of benzene rings is 1. The van der Waals surface area contributed by atoms with Gasteiger partial charge in [-0.25, -0.2) is 0 Å². The van der Waals surface area contributed by atoms with Gasteiger partial charge in [0.05, 0.1) is 27.9 Å². The molecule has 0 aliphatic carbocycles. The fourth-order valence-corrected chi connectivity index (χ4v) is 1.95. The molecule has 0 saturated carbocycles. The molecule has 0 spiro atoms. The van der Waals surface area contributed by atoms with Gasteiger partial charge in [0.15, 0.2) is 11.5 Å². The van der Waals surface area contributed by atoms with Crippen molar-refractivity contribution in [1.29, 1.82) is 0 Å². The molecule has 122 valence electrons. The molecule has 1 atom stereocenters. The fraction of sp³-hybridized carbons (Fsp3) is 0.438. The van der Waals surface area contributed by atoms with Crippen LogP contribution in [0.2, 0.25) is 0 Å². The van der Waals surface area contributed by atoms with E-state index in [1.165, 1.54) is 6.08 Å². The van der Waals surface area contributed by atoms with Crippen LogP contribution in [0.25, 0.3) is 6.08 Å². The van der Waals surface area contributed by atoms with Crippen LogP contribution in [-0.4, -0.2) is 47.0 Å². The molecule has 0 aliphatic rings. The highest BCUT2D eigenvalue weighted by Gasteiger charge is 2.12. The van der Waals surface area contributed by atoms with E-state index in [4.69, 9.17) is 18.9 Å². The Bertz CT molecular complexity index is 502. The Labute approximate surface area is 131 Å². The van der Waals surface area contributed by atoms with Crippen LogP contribution in [0.4, 0.5) is 0 Å². The third-order valence-corrected chi connectivity index (χ3v) is 2.92. The second-order valence-corrected chi connectivity index (χ2v) is 4.66. The lowest BCUT2D eigenvalue weighted by molar-refractivity contribution is -0.117. The summed E-state index contributed by atoms with van der Waals surface area (Å²) in [6, 6.07) is 3.48. The Kier molecular flexibility index (Phi) is 7.25. The quantitative estimate of drug-likeness (QED) is 0.743. The lowest BCUT2D eigenvalue weighted by atomic mass is 10.1. The average molecular weight is 309 g/mol. The molecule has 1 amide bonds. The number of carbonyl (C=O) groups excluding carboxylic acids is 1. The van der Waals surface area contributed by atoms with E-state index in [1.807, 2.05) is 6.92 Å². The molecule has 0 aromatic heterocycles. The molecule has 0 aliphatic heterocycles. The number of hydrogen-bond acceptors (Lipinski definition) is 5. The summed E-state index contributed by atoms with van der Waals surface area (Å²) in [7, 11) is 6.22. The van der Waals surface area contributed by atoms with Crippen molar-refractivity contribution in [2.45, 2.75) is 13.0 Å². The highest BCUT2D eigenvalue weighted by atomic mass is 16.5. The molecule has 22 heavy (non-hydrogen) atoms. The molecule has 1 unspecified atom stereocenters. The van der Waals surface area contributed by atoms with Gasteiger partial charge in [-0.15, -0.1) is 0 Å². The normalized spacial score (nSPS) is 12.0. The molecule has 0 bridgehead atoms. The van der Waals surface area contributed by atoms with Gasteiger partial charge >= 0.3 is 0 Å². The molecule has 0 fully saturated rings. The van der Waals surface area contributed by atoms with E-state index in [2.05, 4.69) is 5.32 Å². The van der Waals surface area contributed by atoms with Crippen molar-refractivity contribution in [3.63, 3.8) is 0 Å². The maximum absolute atomic E-state index is 11.8. The minimum absolute atomic E-state index is 0.0536. The lowest BCUT2D eigenvalue weighted by Crippen LogP contribution is -2.34.